The molecule has 1 aromatic carbocycles. The normalized spacial score (nSPS) is 22.0. The highest BCUT2D eigenvalue weighted by atomic mass is 35.5. The molecule has 1 saturated heterocycles. The number of likely N-dealkylation sites (tertiary alicyclic amines) is 1. The summed E-state index contributed by atoms with van der Waals surface area (Å²) in [4.78, 5) is 25.5. The van der Waals surface area contributed by atoms with Gasteiger partial charge in [0, 0.05) is 23.2 Å². The van der Waals surface area contributed by atoms with Crippen molar-refractivity contribution >= 4 is 23.4 Å². The number of methoxy groups -OCH3 is 1. The monoisotopic (exact) mass is 308 g/mol. The Labute approximate surface area is 128 Å². The van der Waals surface area contributed by atoms with Gasteiger partial charge in [0.1, 0.15) is 5.75 Å². The maximum Gasteiger partial charge on any atom is 0.247 e. The average Bonchev–Trinajstić information content (AvgIpc) is 3.24. The Balaban J connectivity index is 1.68. The number of rotatable bonds is 5. The van der Waals surface area contributed by atoms with Crippen molar-refractivity contribution in [1.29, 1.82) is 0 Å². The number of hydrogen-bond donors (Lipinski definition) is 1. The first-order valence-corrected chi connectivity index (χ1v) is 7.40. The van der Waals surface area contributed by atoms with E-state index in [2.05, 4.69) is 5.32 Å². The predicted molar refractivity (Wildman–Crippen MR) is 78.1 cm³/mol. The third-order valence-electron chi connectivity index (χ3n) is 3.92. The minimum absolute atomic E-state index is 0.0777. The van der Waals surface area contributed by atoms with E-state index in [1.807, 2.05) is 12.1 Å². The highest BCUT2D eigenvalue weighted by Gasteiger charge is 2.45. The third-order valence-corrected chi connectivity index (χ3v) is 4.27. The summed E-state index contributed by atoms with van der Waals surface area (Å²) in [7, 11) is 1.58. The summed E-state index contributed by atoms with van der Waals surface area (Å²) < 4.78 is 5.27. The SMILES string of the molecule is COc1cccc(Cl)c1CNC1CC(=O)N(C2CC2)C1=O. The van der Waals surface area contributed by atoms with E-state index < -0.39 is 6.04 Å². The number of carbonyl (C=O) groups excluding carboxylic acids is 2. The number of ether oxygens (including phenoxy) is 1. The fraction of sp³-hybridized carbons (Fsp3) is 0.467. The summed E-state index contributed by atoms with van der Waals surface area (Å²) >= 11 is 6.17. The maximum absolute atomic E-state index is 12.2. The zero-order chi connectivity index (χ0) is 15.0. The van der Waals surface area contributed by atoms with Crippen molar-refractivity contribution in [2.24, 2.45) is 0 Å². The van der Waals surface area contributed by atoms with Crippen LogP contribution in [-0.4, -0.2) is 35.9 Å². The molecular formula is C15H17ClN2O3. The fourth-order valence-electron chi connectivity index (χ4n) is 2.65. The Hall–Kier alpha value is -1.59. The van der Waals surface area contributed by atoms with Gasteiger partial charge in [-0.3, -0.25) is 14.5 Å². The number of hydrogen-bond acceptors (Lipinski definition) is 4. The van der Waals surface area contributed by atoms with E-state index in [-0.39, 0.29) is 24.3 Å². The van der Waals surface area contributed by atoms with Crippen molar-refractivity contribution in [3.8, 4) is 5.75 Å². The lowest BCUT2D eigenvalue weighted by molar-refractivity contribution is -0.139. The molecule has 21 heavy (non-hydrogen) atoms. The lowest BCUT2D eigenvalue weighted by Crippen LogP contribution is -2.39. The van der Waals surface area contributed by atoms with E-state index in [9.17, 15) is 9.59 Å². The van der Waals surface area contributed by atoms with Crippen molar-refractivity contribution < 1.29 is 14.3 Å². The molecule has 6 heteroatoms. The molecule has 1 unspecified atom stereocenters. The molecule has 2 aliphatic rings. The van der Waals surface area contributed by atoms with Crippen molar-refractivity contribution in [3.63, 3.8) is 0 Å². The van der Waals surface area contributed by atoms with Crippen LogP contribution in [0.2, 0.25) is 5.02 Å². The molecule has 2 fully saturated rings. The van der Waals surface area contributed by atoms with Gasteiger partial charge in [-0.05, 0) is 25.0 Å². The average molecular weight is 309 g/mol. The van der Waals surface area contributed by atoms with Crippen molar-refractivity contribution in [3.05, 3.63) is 28.8 Å². The van der Waals surface area contributed by atoms with Crippen LogP contribution < -0.4 is 10.1 Å². The third kappa shape index (κ3) is 2.76. The Morgan fingerprint density at radius 3 is 2.81 bits per heavy atom. The van der Waals surface area contributed by atoms with Crippen molar-refractivity contribution in [1.82, 2.24) is 10.2 Å². The highest BCUT2D eigenvalue weighted by Crippen LogP contribution is 2.32. The van der Waals surface area contributed by atoms with Gasteiger partial charge >= 0.3 is 0 Å². The van der Waals surface area contributed by atoms with Gasteiger partial charge in [0.25, 0.3) is 0 Å². The molecule has 1 aliphatic carbocycles. The largest absolute Gasteiger partial charge is 0.496 e. The molecule has 1 heterocycles. The first-order valence-electron chi connectivity index (χ1n) is 7.02. The van der Waals surface area contributed by atoms with E-state index in [0.29, 0.717) is 17.3 Å². The molecule has 112 valence electrons. The van der Waals surface area contributed by atoms with Crippen LogP contribution in [0.5, 0.6) is 5.75 Å². The summed E-state index contributed by atoms with van der Waals surface area (Å²) in [5.74, 6) is 0.477. The first kappa shape index (κ1) is 14.4. The molecule has 3 rings (SSSR count). The van der Waals surface area contributed by atoms with Crippen LogP contribution in [0.3, 0.4) is 0 Å². The summed E-state index contributed by atoms with van der Waals surface area (Å²) in [6.07, 6.45) is 2.09. The van der Waals surface area contributed by atoms with Crippen molar-refractivity contribution in [2.45, 2.75) is 37.9 Å². The minimum atomic E-state index is -0.459. The number of halogens is 1. The van der Waals surface area contributed by atoms with Crippen LogP contribution in [0.15, 0.2) is 18.2 Å². The van der Waals surface area contributed by atoms with E-state index in [4.69, 9.17) is 16.3 Å². The second kappa shape index (κ2) is 5.66. The van der Waals surface area contributed by atoms with Crippen LogP contribution in [0.25, 0.3) is 0 Å². The summed E-state index contributed by atoms with van der Waals surface area (Å²) in [6, 6.07) is 5.08. The van der Waals surface area contributed by atoms with Crippen LogP contribution in [0.4, 0.5) is 0 Å². The Morgan fingerprint density at radius 1 is 1.38 bits per heavy atom. The van der Waals surface area contributed by atoms with Gasteiger partial charge < -0.3 is 10.1 Å². The number of benzene rings is 1. The van der Waals surface area contributed by atoms with Crippen LogP contribution in [0, 0.1) is 0 Å². The van der Waals surface area contributed by atoms with Crippen LogP contribution in [-0.2, 0) is 16.1 Å². The number of nitrogens with zero attached hydrogens (tertiary/aromatic N) is 1. The molecule has 1 aliphatic heterocycles. The zero-order valence-electron chi connectivity index (χ0n) is 11.8. The molecule has 0 radical (unpaired) electrons. The van der Waals surface area contributed by atoms with E-state index in [1.54, 1.807) is 13.2 Å². The highest BCUT2D eigenvalue weighted by molar-refractivity contribution is 6.31. The van der Waals surface area contributed by atoms with E-state index >= 15 is 0 Å². The lowest BCUT2D eigenvalue weighted by atomic mass is 10.1. The van der Waals surface area contributed by atoms with Crippen molar-refractivity contribution in [2.75, 3.05) is 7.11 Å². The summed E-state index contributed by atoms with van der Waals surface area (Å²) in [5.41, 5.74) is 0.798. The molecule has 1 atom stereocenters. The molecule has 1 saturated carbocycles. The molecular weight excluding hydrogens is 292 g/mol. The topological polar surface area (TPSA) is 58.6 Å². The number of carbonyl (C=O) groups is 2. The Morgan fingerprint density at radius 2 is 2.14 bits per heavy atom. The van der Waals surface area contributed by atoms with E-state index in [0.717, 1.165) is 18.4 Å². The second-order valence-electron chi connectivity index (χ2n) is 5.39. The van der Waals surface area contributed by atoms with Gasteiger partial charge in [-0.1, -0.05) is 17.7 Å². The lowest BCUT2D eigenvalue weighted by Gasteiger charge is -2.16. The van der Waals surface area contributed by atoms with Gasteiger partial charge in [-0.15, -0.1) is 0 Å². The smallest absolute Gasteiger partial charge is 0.247 e. The van der Waals surface area contributed by atoms with Gasteiger partial charge in [-0.25, -0.2) is 0 Å². The number of imide groups is 1. The Kier molecular flexibility index (Phi) is 3.87. The first-order chi connectivity index (χ1) is 10.1. The van der Waals surface area contributed by atoms with Gasteiger partial charge in [-0.2, -0.15) is 0 Å². The molecule has 1 N–H and O–H groups in total. The standard InChI is InChI=1S/C15H17ClN2O3/c1-21-13-4-2-3-11(16)10(13)8-17-12-7-14(19)18(15(12)20)9-5-6-9/h2-4,9,12,17H,5-8H2,1H3. The Bertz CT molecular complexity index is 586. The quantitative estimate of drug-likeness (QED) is 0.842. The molecule has 2 amide bonds. The summed E-state index contributed by atoms with van der Waals surface area (Å²) in [6.45, 7) is 0.394. The van der Waals surface area contributed by atoms with Gasteiger partial charge in [0.05, 0.1) is 19.6 Å². The molecule has 1 aromatic rings. The molecule has 0 spiro atoms. The minimum Gasteiger partial charge on any atom is -0.496 e. The number of nitrogens with one attached hydrogen (secondary N) is 1. The maximum atomic E-state index is 12.2. The molecule has 0 aromatic heterocycles. The molecule has 0 bridgehead atoms. The zero-order valence-corrected chi connectivity index (χ0v) is 12.5. The predicted octanol–water partition coefficient (Wildman–Crippen LogP) is 1.73. The number of amides is 2. The van der Waals surface area contributed by atoms with Gasteiger partial charge in [0.15, 0.2) is 0 Å². The van der Waals surface area contributed by atoms with Crippen LogP contribution >= 0.6 is 11.6 Å². The second-order valence-corrected chi connectivity index (χ2v) is 5.80. The van der Waals surface area contributed by atoms with Gasteiger partial charge in [0.2, 0.25) is 11.8 Å². The van der Waals surface area contributed by atoms with Crippen LogP contribution in [0.1, 0.15) is 24.8 Å². The fourth-order valence-corrected chi connectivity index (χ4v) is 2.89. The van der Waals surface area contributed by atoms with E-state index in [1.165, 1.54) is 4.90 Å². The summed E-state index contributed by atoms with van der Waals surface area (Å²) in [5, 5.41) is 3.71. The molecule has 5 nitrogen and oxygen atoms in total.